The maximum absolute atomic E-state index is 12.5. The van der Waals surface area contributed by atoms with Gasteiger partial charge in [-0.3, -0.25) is 9.36 Å². The third kappa shape index (κ3) is 3.37. The molecule has 0 aliphatic heterocycles. The lowest BCUT2D eigenvalue weighted by Gasteiger charge is -2.12. The van der Waals surface area contributed by atoms with E-state index in [1.165, 1.54) is 24.2 Å². The summed E-state index contributed by atoms with van der Waals surface area (Å²) in [5.74, 6) is 0.105. The fraction of sp³-hybridized carbons (Fsp3) is 0.176. The molecule has 0 aliphatic rings. The molecule has 6 nitrogen and oxygen atoms in total. The zero-order chi connectivity index (χ0) is 16.9. The van der Waals surface area contributed by atoms with Crippen LogP contribution in [0.4, 0.5) is 0 Å². The van der Waals surface area contributed by atoms with Gasteiger partial charge in [0, 0.05) is 5.69 Å². The quantitative estimate of drug-likeness (QED) is 0.673. The van der Waals surface area contributed by atoms with Gasteiger partial charge in [-0.1, -0.05) is 30.0 Å². The van der Waals surface area contributed by atoms with Crippen molar-refractivity contribution in [1.82, 2.24) is 14.9 Å². The van der Waals surface area contributed by atoms with E-state index in [0.717, 1.165) is 10.8 Å². The minimum atomic E-state index is -0.892. The first-order chi connectivity index (χ1) is 11.7. The fourth-order valence-electron chi connectivity index (χ4n) is 2.33. The number of hydrogen-bond donors (Lipinski definition) is 2. The summed E-state index contributed by atoms with van der Waals surface area (Å²) < 4.78 is 6.92. The number of para-hydroxylation sites is 1. The van der Waals surface area contributed by atoms with E-state index in [-0.39, 0.29) is 12.5 Å². The van der Waals surface area contributed by atoms with Crippen molar-refractivity contribution in [1.29, 1.82) is 0 Å². The van der Waals surface area contributed by atoms with Crippen LogP contribution in [0.25, 0.3) is 5.69 Å². The Morgan fingerprint density at radius 2 is 2.12 bits per heavy atom. The lowest BCUT2D eigenvalue weighted by Crippen LogP contribution is -2.29. The van der Waals surface area contributed by atoms with Gasteiger partial charge in [0.15, 0.2) is 5.16 Å². The van der Waals surface area contributed by atoms with Gasteiger partial charge in [0.05, 0.1) is 19.0 Å². The summed E-state index contributed by atoms with van der Waals surface area (Å²) in [5, 5.41) is 13.4. The molecule has 2 aromatic heterocycles. The maximum atomic E-state index is 12.5. The first-order valence-corrected chi connectivity index (χ1v) is 8.60. The van der Waals surface area contributed by atoms with Gasteiger partial charge in [0.2, 0.25) is 0 Å². The molecule has 3 rings (SSSR count). The van der Waals surface area contributed by atoms with E-state index in [0.29, 0.717) is 11.5 Å². The van der Waals surface area contributed by atoms with Crippen molar-refractivity contribution in [3.63, 3.8) is 0 Å². The normalized spacial score (nSPS) is 12.1. The highest BCUT2D eigenvalue weighted by atomic mass is 32.2. The first kappa shape index (κ1) is 16.4. The molecule has 1 atom stereocenters. The maximum Gasteiger partial charge on any atom is 0.270 e. The average molecular weight is 343 g/mol. The second-order valence-electron chi connectivity index (χ2n) is 5.04. The predicted octanol–water partition coefficient (Wildman–Crippen LogP) is 2.65. The number of aliphatic hydroxyl groups is 1. The summed E-state index contributed by atoms with van der Waals surface area (Å²) in [5.41, 5.74) is 1.27. The Hall–Kier alpha value is -2.51. The number of nitrogens with one attached hydrogen (secondary N) is 1. The molecule has 0 aliphatic carbocycles. The summed E-state index contributed by atoms with van der Waals surface area (Å²) in [4.78, 5) is 16.8. The van der Waals surface area contributed by atoms with Gasteiger partial charge >= 0.3 is 0 Å². The van der Waals surface area contributed by atoms with Crippen molar-refractivity contribution in [2.75, 3.05) is 12.8 Å². The monoisotopic (exact) mass is 343 g/mol. The number of amides is 1. The number of aromatic nitrogens is 2. The van der Waals surface area contributed by atoms with Crippen LogP contribution in [0.2, 0.25) is 0 Å². The van der Waals surface area contributed by atoms with Crippen molar-refractivity contribution in [3.05, 3.63) is 66.4 Å². The lowest BCUT2D eigenvalue weighted by molar-refractivity contribution is 0.0894. The molecule has 0 bridgehead atoms. The molecule has 0 fully saturated rings. The third-order valence-electron chi connectivity index (χ3n) is 3.49. The average Bonchev–Trinajstić information content (AvgIpc) is 3.29. The van der Waals surface area contributed by atoms with Crippen molar-refractivity contribution in [3.8, 4) is 5.69 Å². The third-order valence-corrected chi connectivity index (χ3v) is 4.14. The van der Waals surface area contributed by atoms with Crippen molar-refractivity contribution in [2.45, 2.75) is 11.3 Å². The van der Waals surface area contributed by atoms with Crippen LogP contribution < -0.4 is 5.32 Å². The lowest BCUT2D eigenvalue weighted by atomic mass is 10.2. The first-order valence-electron chi connectivity index (χ1n) is 7.37. The van der Waals surface area contributed by atoms with Gasteiger partial charge in [-0.15, -0.1) is 0 Å². The molecule has 0 saturated heterocycles. The van der Waals surface area contributed by atoms with Gasteiger partial charge in [-0.05, 0) is 30.5 Å². The van der Waals surface area contributed by atoms with E-state index in [4.69, 9.17) is 4.42 Å². The van der Waals surface area contributed by atoms with Crippen LogP contribution in [0.5, 0.6) is 0 Å². The Labute approximate surface area is 143 Å². The van der Waals surface area contributed by atoms with E-state index in [1.807, 2.05) is 36.6 Å². The Morgan fingerprint density at radius 3 is 2.79 bits per heavy atom. The number of aliphatic hydroxyl groups excluding tert-OH is 1. The number of benzene rings is 1. The standard InChI is InChI=1S/C17H17N3O3S/c1-24-17-19-10-13(20(17)12-6-3-2-4-7-12)16(22)18-11-14(21)15-8-5-9-23-15/h2-10,14,21H,11H2,1H3,(H,18,22). The van der Waals surface area contributed by atoms with Crippen LogP contribution in [0.1, 0.15) is 22.4 Å². The number of carbonyl (C=O) groups excluding carboxylic acids is 1. The van der Waals surface area contributed by atoms with Crippen LogP contribution in [0.3, 0.4) is 0 Å². The molecule has 0 spiro atoms. The molecule has 0 saturated carbocycles. The number of imidazole rings is 1. The molecule has 0 radical (unpaired) electrons. The van der Waals surface area contributed by atoms with Gasteiger partial charge in [-0.25, -0.2) is 4.98 Å². The highest BCUT2D eigenvalue weighted by Gasteiger charge is 2.19. The molecule has 7 heteroatoms. The number of rotatable bonds is 6. The molecule has 1 aromatic carbocycles. The minimum absolute atomic E-state index is 0.0565. The number of furan rings is 1. The summed E-state index contributed by atoms with van der Waals surface area (Å²) in [6.45, 7) is 0.0565. The zero-order valence-corrected chi connectivity index (χ0v) is 13.9. The van der Waals surface area contributed by atoms with Gasteiger partial charge in [-0.2, -0.15) is 0 Å². The van der Waals surface area contributed by atoms with Crippen molar-refractivity contribution in [2.24, 2.45) is 0 Å². The van der Waals surface area contributed by atoms with E-state index in [2.05, 4.69) is 10.3 Å². The summed E-state index contributed by atoms with van der Waals surface area (Å²) in [6, 6.07) is 12.9. The van der Waals surface area contributed by atoms with E-state index >= 15 is 0 Å². The zero-order valence-electron chi connectivity index (χ0n) is 13.0. The van der Waals surface area contributed by atoms with Crippen molar-refractivity contribution < 1.29 is 14.3 Å². The Morgan fingerprint density at radius 1 is 1.33 bits per heavy atom. The van der Waals surface area contributed by atoms with E-state index in [1.54, 1.807) is 16.7 Å². The fourth-order valence-corrected chi connectivity index (χ4v) is 2.87. The highest BCUT2D eigenvalue weighted by molar-refractivity contribution is 7.98. The number of carbonyl (C=O) groups is 1. The molecule has 1 unspecified atom stereocenters. The van der Waals surface area contributed by atoms with Crippen LogP contribution in [-0.4, -0.2) is 33.4 Å². The number of nitrogens with zero attached hydrogens (tertiary/aromatic N) is 2. The minimum Gasteiger partial charge on any atom is -0.467 e. The molecule has 2 N–H and O–H groups in total. The van der Waals surface area contributed by atoms with E-state index in [9.17, 15) is 9.90 Å². The summed E-state index contributed by atoms with van der Waals surface area (Å²) in [6.07, 6.45) is 4.03. The number of hydrogen-bond acceptors (Lipinski definition) is 5. The molecule has 1 amide bonds. The van der Waals surface area contributed by atoms with Gasteiger partial charge in [0.25, 0.3) is 5.91 Å². The predicted molar refractivity (Wildman–Crippen MR) is 91.3 cm³/mol. The van der Waals surface area contributed by atoms with E-state index < -0.39 is 6.10 Å². The highest BCUT2D eigenvalue weighted by Crippen LogP contribution is 2.21. The molecular weight excluding hydrogens is 326 g/mol. The van der Waals surface area contributed by atoms with Crippen LogP contribution in [-0.2, 0) is 0 Å². The molecule has 3 aromatic rings. The second kappa shape index (κ2) is 7.37. The van der Waals surface area contributed by atoms with Gasteiger partial charge < -0.3 is 14.8 Å². The van der Waals surface area contributed by atoms with Crippen LogP contribution in [0.15, 0.2) is 64.5 Å². The SMILES string of the molecule is CSc1ncc(C(=O)NCC(O)c2ccco2)n1-c1ccccc1. The Kier molecular flexibility index (Phi) is 5.02. The summed E-state index contributed by atoms with van der Waals surface area (Å²) in [7, 11) is 0. The Balaban J connectivity index is 1.79. The van der Waals surface area contributed by atoms with Crippen molar-refractivity contribution >= 4 is 17.7 Å². The molecule has 2 heterocycles. The molecular formula is C17H17N3O3S. The Bertz CT molecular complexity index is 800. The second-order valence-corrected chi connectivity index (χ2v) is 5.82. The van der Waals surface area contributed by atoms with Crippen LogP contribution in [0, 0.1) is 0 Å². The number of thioether (sulfide) groups is 1. The molecule has 124 valence electrons. The largest absolute Gasteiger partial charge is 0.467 e. The van der Waals surface area contributed by atoms with Gasteiger partial charge in [0.1, 0.15) is 17.6 Å². The van der Waals surface area contributed by atoms with Crippen LogP contribution >= 0.6 is 11.8 Å². The smallest absolute Gasteiger partial charge is 0.270 e. The molecule has 24 heavy (non-hydrogen) atoms. The topological polar surface area (TPSA) is 80.3 Å². The summed E-state index contributed by atoms with van der Waals surface area (Å²) >= 11 is 1.46.